The molecule has 1 N–H and O–H groups in total. The van der Waals surface area contributed by atoms with E-state index in [4.69, 9.17) is 9.84 Å². The third-order valence-electron chi connectivity index (χ3n) is 2.02. The maximum atomic E-state index is 10.6. The van der Waals surface area contributed by atoms with Gasteiger partial charge in [-0.2, -0.15) is 0 Å². The molecule has 0 amide bonds. The van der Waals surface area contributed by atoms with Crippen molar-refractivity contribution >= 4 is 29.1 Å². The minimum atomic E-state index is -0.937. The SMILES string of the molecule is O=C(O)c1ccc(OCCSc2nncs2)cc1. The van der Waals surface area contributed by atoms with Gasteiger partial charge in [0.1, 0.15) is 11.3 Å². The molecule has 18 heavy (non-hydrogen) atoms. The lowest BCUT2D eigenvalue weighted by molar-refractivity contribution is 0.0697. The van der Waals surface area contributed by atoms with Crippen LogP contribution in [0.15, 0.2) is 34.1 Å². The minimum Gasteiger partial charge on any atom is -0.493 e. The summed E-state index contributed by atoms with van der Waals surface area (Å²) in [4.78, 5) is 10.6. The number of carbonyl (C=O) groups is 1. The Kier molecular flexibility index (Phi) is 4.54. The van der Waals surface area contributed by atoms with Crippen LogP contribution >= 0.6 is 23.1 Å². The summed E-state index contributed by atoms with van der Waals surface area (Å²) >= 11 is 3.07. The molecule has 2 rings (SSSR count). The van der Waals surface area contributed by atoms with E-state index in [1.54, 1.807) is 29.4 Å². The van der Waals surface area contributed by atoms with E-state index in [1.165, 1.54) is 23.5 Å². The summed E-state index contributed by atoms with van der Waals surface area (Å²) < 4.78 is 6.40. The van der Waals surface area contributed by atoms with Crippen LogP contribution in [0.4, 0.5) is 0 Å². The van der Waals surface area contributed by atoms with Gasteiger partial charge < -0.3 is 9.84 Å². The Morgan fingerprint density at radius 3 is 2.78 bits per heavy atom. The fourth-order valence-electron chi connectivity index (χ4n) is 1.21. The lowest BCUT2D eigenvalue weighted by Crippen LogP contribution is -2.01. The van der Waals surface area contributed by atoms with Crippen LogP contribution < -0.4 is 4.74 Å². The second kappa shape index (κ2) is 6.36. The number of hydrogen-bond donors (Lipinski definition) is 1. The lowest BCUT2D eigenvalue weighted by atomic mass is 10.2. The van der Waals surface area contributed by atoms with Crippen LogP contribution in [0.1, 0.15) is 10.4 Å². The van der Waals surface area contributed by atoms with Gasteiger partial charge in [-0.05, 0) is 24.3 Å². The average molecular weight is 282 g/mol. The van der Waals surface area contributed by atoms with Crippen molar-refractivity contribution in [3.63, 3.8) is 0 Å². The van der Waals surface area contributed by atoms with E-state index in [0.29, 0.717) is 12.4 Å². The zero-order valence-corrected chi connectivity index (χ0v) is 10.9. The van der Waals surface area contributed by atoms with Gasteiger partial charge in [0.05, 0.1) is 12.2 Å². The standard InChI is InChI=1S/C11H10N2O3S2/c14-10(15)8-1-3-9(4-2-8)16-5-6-17-11-13-12-7-18-11/h1-4,7H,5-6H2,(H,14,15). The van der Waals surface area contributed by atoms with Crippen molar-refractivity contribution in [1.29, 1.82) is 0 Å². The largest absolute Gasteiger partial charge is 0.493 e. The van der Waals surface area contributed by atoms with Crippen molar-refractivity contribution in [3.8, 4) is 5.75 Å². The number of aromatic nitrogens is 2. The van der Waals surface area contributed by atoms with Crippen molar-refractivity contribution in [3.05, 3.63) is 35.3 Å². The van der Waals surface area contributed by atoms with Crippen LogP contribution in [0.2, 0.25) is 0 Å². The fraction of sp³-hybridized carbons (Fsp3) is 0.182. The quantitative estimate of drug-likeness (QED) is 0.648. The normalized spacial score (nSPS) is 10.2. The fourth-order valence-corrected chi connectivity index (χ4v) is 2.58. The molecule has 2 aromatic rings. The smallest absolute Gasteiger partial charge is 0.335 e. The number of nitrogens with zero attached hydrogens (tertiary/aromatic N) is 2. The topological polar surface area (TPSA) is 72.3 Å². The van der Waals surface area contributed by atoms with Gasteiger partial charge in [0.15, 0.2) is 4.34 Å². The number of hydrogen-bond acceptors (Lipinski definition) is 6. The first-order chi connectivity index (χ1) is 8.75. The highest BCUT2D eigenvalue weighted by Crippen LogP contribution is 2.19. The molecule has 0 saturated carbocycles. The zero-order chi connectivity index (χ0) is 12.8. The molecule has 0 radical (unpaired) electrons. The first-order valence-corrected chi connectivity index (χ1v) is 6.97. The second-order valence-corrected chi connectivity index (χ2v) is 5.41. The Morgan fingerprint density at radius 1 is 1.39 bits per heavy atom. The van der Waals surface area contributed by atoms with Crippen LogP contribution in [-0.2, 0) is 0 Å². The summed E-state index contributed by atoms with van der Waals surface area (Å²) in [5.41, 5.74) is 1.94. The summed E-state index contributed by atoms with van der Waals surface area (Å²) in [6.45, 7) is 0.538. The zero-order valence-electron chi connectivity index (χ0n) is 9.28. The molecule has 0 spiro atoms. The number of carboxylic acid groups (broad SMARTS) is 1. The van der Waals surface area contributed by atoms with Gasteiger partial charge in [-0.25, -0.2) is 4.79 Å². The van der Waals surface area contributed by atoms with Crippen LogP contribution in [0.25, 0.3) is 0 Å². The monoisotopic (exact) mass is 282 g/mol. The molecular weight excluding hydrogens is 272 g/mol. The first kappa shape index (κ1) is 12.8. The van der Waals surface area contributed by atoms with Crippen molar-refractivity contribution in [1.82, 2.24) is 10.2 Å². The minimum absolute atomic E-state index is 0.255. The number of rotatable bonds is 6. The summed E-state index contributed by atoms with van der Waals surface area (Å²) in [5, 5.41) is 16.4. The van der Waals surface area contributed by atoms with E-state index in [9.17, 15) is 4.79 Å². The summed E-state index contributed by atoms with van der Waals surface area (Å²) in [7, 11) is 0. The average Bonchev–Trinajstić information content (AvgIpc) is 2.88. The molecule has 94 valence electrons. The molecule has 7 heteroatoms. The van der Waals surface area contributed by atoms with Crippen molar-refractivity contribution < 1.29 is 14.6 Å². The Morgan fingerprint density at radius 2 is 2.17 bits per heavy atom. The van der Waals surface area contributed by atoms with Gasteiger partial charge >= 0.3 is 5.97 Å². The van der Waals surface area contributed by atoms with Gasteiger partial charge in [-0.15, -0.1) is 10.2 Å². The van der Waals surface area contributed by atoms with Crippen molar-refractivity contribution in [2.45, 2.75) is 4.34 Å². The van der Waals surface area contributed by atoms with E-state index in [-0.39, 0.29) is 5.56 Å². The molecule has 0 aliphatic rings. The number of carboxylic acids is 1. The number of thioether (sulfide) groups is 1. The number of benzene rings is 1. The molecule has 1 aromatic carbocycles. The van der Waals surface area contributed by atoms with Gasteiger partial charge in [0, 0.05) is 5.75 Å². The molecule has 0 bridgehead atoms. The predicted octanol–water partition coefficient (Wildman–Crippen LogP) is 2.41. The van der Waals surface area contributed by atoms with Gasteiger partial charge in [-0.3, -0.25) is 0 Å². The number of aromatic carboxylic acids is 1. The van der Waals surface area contributed by atoms with Crippen LogP contribution in [0, 0.1) is 0 Å². The van der Waals surface area contributed by atoms with Crippen LogP contribution in [0.3, 0.4) is 0 Å². The Labute approximate surface area is 112 Å². The lowest BCUT2D eigenvalue weighted by Gasteiger charge is -2.05. The summed E-state index contributed by atoms with van der Waals surface area (Å²) in [6, 6.07) is 6.35. The third kappa shape index (κ3) is 3.71. The molecule has 0 unspecified atom stereocenters. The number of ether oxygens (including phenoxy) is 1. The maximum absolute atomic E-state index is 10.6. The van der Waals surface area contributed by atoms with E-state index in [1.807, 2.05) is 0 Å². The maximum Gasteiger partial charge on any atom is 0.335 e. The van der Waals surface area contributed by atoms with E-state index in [0.717, 1.165) is 10.1 Å². The molecule has 0 atom stereocenters. The highest BCUT2D eigenvalue weighted by atomic mass is 32.2. The molecule has 5 nitrogen and oxygen atoms in total. The Bertz CT molecular complexity index is 500. The van der Waals surface area contributed by atoms with Gasteiger partial charge in [0.25, 0.3) is 0 Å². The highest BCUT2D eigenvalue weighted by Gasteiger charge is 2.02. The van der Waals surface area contributed by atoms with E-state index in [2.05, 4.69) is 10.2 Å². The predicted molar refractivity (Wildman–Crippen MR) is 69.5 cm³/mol. The summed E-state index contributed by atoms with van der Waals surface area (Å²) in [6.07, 6.45) is 0. The van der Waals surface area contributed by atoms with Crippen LogP contribution in [0.5, 0.6) is 5.75 Å². The molecular formula is C11H10N2O3S2. The molecule has 1 aromatic heterocycles. The second-order valence-electron chi connectivity index (χ2n) is 3.23. The van der Waals surface area contributed by atoms with E-state index >= 15 is 0 Å². The van der Waals surface area contributed by atoms with Crippen molar-refractivity contribution in [2.75, 3.05) is 12.4 Å². The Balaban J connectivity index is 1.75. The van der Waals surface area contributed by atoms with Gasteiger partial charge in [-0.1, -0.05) is 23.1 Å². The van der Waals surface area contributed by atoms with E-state index < -0.39 is 5.97 Å². The van der Waals surface area contributed by atoms with Crippen molar-refractivity contribution in [2.24, 2.45) is 0 Å². The summed E-state index contributed by atoms with van der Waals surface area (Å²) in [5.74, 6) is 0.502. The molecule has 1 heterocycles. The molecule has 0 fully saturated rings. The van der Waals surface area contributed by atoms with Gasteiger partial charge in [0.2, 0.25) is 0 Å². The third-order valence-corrected chi connectivity index (χ3v) is 3.84. The molecule has 0 saturated heterocycles. The van der Waals surface area contributed by atoms with Crippen LogP contribution in [-0.4, -0.2) is 33.6 Å². The molecule has 0 aliphatic carbocycles. The Hall–Kier alpha value is -1.60. The molecule has 0 aliphatic heterocycles. The first-order valence-electron chi connectivity index (χ1n) is 5.11. The highest BCUT2D eigenvalue weighted by molar-refractivity contribution is 8.01.